The first-order valence-electron chi connectivity index (χ1n) is 6.41. The van der Waals surface area contributed by atoms with Gasteiger partial charge in [-0.15, -0.1) is 0 Å². The molecule has 0 aliphatic heterocycles. The number of nitrogens with two attached hydrogens (primary N) is 1. The third-order valence-corrected chi connectivity index (χ3v) is 3.42. The summed E-state index contributed by atoms with van der Waals surface area (Å²) in [6, 6.07) is 13.6. The number of aryl methyl sites for hydroxylation is 1. The molecule has 0 radical (unpaired) electrons. The number of rotatable bonds is 3. The molecule has 2 aromatic carbocycles. The Bertz CT molecular complexity index is 536. The maximum absolute atomic E-state index is 6.10. The van der Waals surface area contributed by atoms with Crippen molar-refractivity contribution in [3.63, 3.8) is 0 Å². The summed E-state index contributed by atoms with van der Waals surface area (Å²) in [4.78, 5) is 2.18. The predicted octanol–water partition coefficient (Wildman–Crippen LogP) is 3.10. The minimum absolute atomic E-state index is 0.114. The van der Waals surface area contributed by atoms with Gasteiger partial charge in [0.1, 0.15) is 0 Å². The average Bonchev–Trinajstić information content (AvgIpc) is 2.28. The van der Waals surface area contributed by atoms with E-state index >= 15 is 0 Å². The Kier molecular flexibility index (Phi) is 3.69. The summed E-state index contributed by atoms with van der Waals surface area (Å²) in [5, 5.41) is 2.58. The third kappa shape index (κ3) is 2.55. The summed E-state index contributed by atoms with van der Waals surface area (Å²) in [5.41, 5.74) is 8.68. The van der Waals surface area contributed by atoms with E-state index in [1.807, 2.05) is 0 Å². The first kappa shape index (κ1) is 13.1. The van der Waals surface area contributed by atoms with Crippen LogP contribution in [0, 0.1) is 6.92 Å². The zero-order valence-electron chi connectivity index (χ0n) is 11.6. The van der Waals surface area contributed by atoms with Gasteiger partial charge in [0.15, 0.2) is 0 Å². The van der Waals surface area contributed by atoms with Crippen molar-refractivity contribution in [3.8, 4) is 0 Å². The third-order valence-electron chi connectivity index (χ3n) is 3.42. The van der Waals surface area contributed by atoms with Gasteiger partial charge in [-0.05, 0) is 50.3 Å². The molecule has 0 aliphatic rings. The van der Waals surface area contributed by atoms with Crippen LogP contribution in [0.15, 0.2) is 36.4 Å². The monoisotopic (exact) mass is 242 g/mol. The number of benzene rings is 2. The van der Waals surface area contributed by atoms with E-state index in [-0.39, 0.29) is 12.1 Å². The molecule has 0 fully saturated rings. The highest BCUT2D eigenvalue weighted by atomic mass is 15.1. The molecule has 0 heterocycles. The van der Waals surface area contributed by atoms with Crippen LogP contribution >= 0.6 is 0 Å². The number of nitrogens with zero attached hydrogens (tertiary/aromatic N) is 1. The Morgan fingerprint density at radius 1 is 1.00 bits per heavy atom. The lowest BCUT2D eigenvalue weighted by atomic mass is 9.96. The summed E-state index contributed by atoms with van der Waals surface area (Å²) in [6.45, 7) is 4.18. The Morgan fingerprint density at radius 2 is 1.61 bits per heavy atom. The molecule has 2 atom stereocenters. The first-order valence-corrected chi connectivity index (χ1v) is 6.41. The van der Waals surface area contributed by atoms with E-state index in [1.54, 1.807) is 0 Å². The summed E-state index contributed by atoms with van der Waals surface area (Å²) in [6.07, 6.45) is 0. The molecule has 18 heavy (non-hydrogen) atoms. The van der Waals surface area contributed by atoms with Gasteiger partial charge in [0.25, 0.3) is 0 Å². The molecule has 0 saturated heterocycles. The molecule has 0 spiro atoms. The second-order valence-electron chi connectivity index (χ2n) is 5.38. The predicted molar refractivity (Wildman–Crippen MR) is 78.8 cm³/mol. The molecular formula is C16H22N2. The van der Waals surface area contributed by atoms with Crippen LogP contribution in [0.2, 0.25) is 0 Å². The lowest BCUT2D eigenvalue weighted by Gasteiger charge is -2.28. The van der Waals surface area contributed by atoms with Gasteiger partial charge in [0.05, 0.1) is 0 Å². The summed E-state index contributed by atoms with van der Waals surface area (Å²) in [7, 11) is 4.15. The number of hydrogen-bond acceptors (Lipinski definition) is 2. The quantitative estimate of drug-likeness (QED) is 0.896. The van der Waals surface area contributed by atoms with E-state index in [0.717, 1.165) is 0 Å². The SMILES string of the molecule is Cc1ccc2cc(C(C(C)N)N(C)C)ccc2c1. The van der Waals surface area contributed by atoms with Crippen molar-refractivity contribution < 1.29 is 0 Å². The van der Waals surface area contributed by atoms with Crippen LogP contribution < -0.4 is 5.73 Å². The summed E-state index contributed by atoms with van der Waals surface area (Å²) < 4.78 is 0. The van der Waals surface area contributed by atoms with E-state index in [1.165, 1.54) is 21.9 Å². The van der Waals surface area contributed by atoms with Crippen molar-refractivity contribution >= 4 is 10.8 Å². The Hall–Kier alpha value is -1.38. The second-order valence-corrected chi connectivity index (χ2v) is 5.38. The zero-order chi connectivity index (χ0) is 13.3. The van der Waals surface area contributed by atoms with E-state index in [2.05, 4.69) is 69.2 Å². The fraction of sp³-hybridized carbons (Fsp3) is 0.375. The molecular weight excluding hydrogens is 220 g/mol. The first-order chi connectivity index (χ1) is 8.49. The van der Waals surface area contributed by atoms with Crippen molar-refractivity contribution in [1.82, 2.24) is 4.90 Å². The maximum atomic E-state index is 6.10. The van der Waals surface area contributed by atoms with Crippen LogP contribution in [0.5, 0.6) is 0 Å². The van der Waals surface area contributed by atoms with Crippen LogP contribution in [0.1, 0.15) is 24.1 Å². The topological polar surface area (TPSA) is 29.3 Å². The van der Waals surface area contributed by atoms with Crippen LogP contribution in [0.4, 0.5) is 0 Å². The smallest absolute Gasteiger partial charge is 0.0491 e. The summed E-state index contributed by atoms with van der Waals surface area (Å²) in [5.74, 6) is 0. The lowest BCUT2D eigenvalue weighted by Crippen LogP contribution is -2.34. The lowest BCUT2D eigenvalue weighted by molar-refractivity contribution is 0.266. The molecule has 96 valence electrons. The highest BCUT2D eigenvalue weighted by Crippen LogP contribution is 2.25. The van der Waals surface area contributed by atoms with Gasteiger partial charge >= 0.3 is 0 Å². The Labute approximate surface area is 109 Å². The average molecular weight is 242 g/mol. The van der Waals surface area contributed by atoms with E-state index in [0.29, 0.717) is 0 Å². The van der Waals surface area contributed by atoms with Crippen molar-refractivity contribution in [2.24, 2.45) is 5.73 Å². The highest BCUT2D eigenvalue weighted by molar-refractivity contribution is 5.83. The highest BCUT2D eigenvalue weighted by Gasteiger charge is 2.18. The number of hydrogen-bond donors (Lipinski definition) is 1. The van der Waals surface area contributed by atoms with Crippen molar-refractivity contribution in [1.29, 1.82) is 0 Å². The minimum Gasteiger partial charge on any atom is -0.326 e. The molecule has 0 bridgehead atoms. The van der Waals surface area contributed by atoms with E-state index in [4.69, 9.17) is 5.73 Å². The van der Waals surface area contributed by atoms with Crippen LogP contribution in [0.3, 0.4) is 0 Å². The van der Waals surface area contributed by atoms with Crippen molar-refractivity contribution in [2.75, 3.05) is 14.1 Å². The second kappa shape index (κ2) is 5.09. The van der Waals surface area contributed by atoms with Crippen molar-refractivity contribution in [3.05, 3.63) is 47.5 Å². The fourth-order valence-electron chi connectivity index (χ4n) is 2.64. The van der Waals surface area contributed by atoms with Gasteiger partial charge < -0.3 is 10.6 Å². The Morgan fingerprint density at radius 3 is 2.22 bits per heavy atom. The Balaban J connectivity index is 2.49. The summed E-state index contributed by atoms with van der Waals surface area (Å²) >= 11 is 0. The number of fused-ring (bicyclic) bond motifs is 1. The molecule has 2 N–H and O–H groups in total. The zero-order valence-corrected chi connectivity index (χ0v) is 11.6. The molecule has 2 heteroatoms. The van der Waals surface area contributed by atoms with Gasteiger partial charge in [0, 0.05) is 12.1 Å². The van der Waals surface area contributed by atoms with Gasteiger partial charge in [-0.25, -0.2) is 0 Å². The fourth-order valence-corrected chi connectivity index (χ4v) is 2.64. The number of likely N-dealkylation sites (N-methyl/N-ethyl adjacent to an activating group) is 1. The minimum atomic E-state index is 0.114. The van der Waals surface area contributed by atoms with Gasteiger partial charge in [-0.2, -0.15) is 0 Å². The van der Waals surface area contributed by atoms with Gasteiger partial charge in [0.2, 0.25) is 0 Å². The largest absolute Gasteiger partial charge is 0.326 e. The molecule has 2 rings (SSSR count). The normalized spacial score (nSPS) is 15.0. The van der Waals surface area contributed by atoms with Crippen molar-refractivity contribution in [2.45, 2.75) is 25.9 Å². The standard InChI is InChI=1S/C16H22N2/c1-11-5-6-14-10-15(8-7-13(14)9-11)16(12(2)17)18(3)4/h5-10,12,16H,17H2,1-4H3. The van der Waals surface area contributed by atoms with Gasteiger partial charge in [-0.1, -0.05) is 35.9 Å². The molecule has 0 saturated carbocycles. The van der Waals surface area contributed by atoms with Gasteiger partial charge in [-0.3, -0.25) is 0 Å². The van der Waals surface area contributed by atoms with Crippen LogP contribution in [-0.4, -0.2) is 25.0 Å². The van der Waals surface area contributed by atoms with Crippen LogP contribution in [0.25, 0.3) is 10.8 Å². The van der Waals surface area contributed by atoms with Crippen LogP contribution in [-0.2, 0) is 0 Å². The molecule has 2 nitrogen and oxygen atoms in total. The van der Waals surface area contributed by atoms with E-state index < -0.39 is 0 Å². The molecule has 0 aromatic heterocycles. The molecule has 0 amide bonds. The van der Waals surface area contributed by atoms with E-state index in [9.17, 15) is 0 Å². The molecule has 2 aromatic rings. The molecule has 2 unspecified atom stereocenters. The maximum Gasteiger partial charge on any atom is 0.0491 e. The molecule has 0 aliphatic carbocycles.